The summed E-state index contributed by atoms with van der Waals surface area (Å²) in [5.74, 6) is 0.588. The second-order valence-electron chi connectivity index (χ2n) is 6.04. The Morgan fingerprint density at radius 2 is 2.04 bits per heavy atom. The number of nitrogens with zero attached hydrogens (tertiary/aromatic N) is 2. The minimum atomic E-state index is -0.276. The molecule has 3 N–H and O–H groups in total. The summed E-state index contributed by atoms with van der Waals surface area (Å²) in [5, 5.41) is 9.60. The third-order valence-corrected chi connectivity index (χ3v) is 4.59. The van der Waals surface area contributed by atoms with Crippen molar-refractivity contribution in [3.05, 3.63) is 39.7 Å². The lowest BCUT2D eigenvalue weighted by Gasteiger charge is -2.09. The monoisotopic (exact) mass is 311 g/mol. The van der Waals surface area contributed by atoms with E-state index in [1.54, 1.807) is 6.07 Å². The number of aliphatic hydroxyl groups is 1. The van der Waals surface area contributed by atoms with Gasteiger partial charge in [-0.3, -0.25) is 4.79 Å². The summed E-state index contributed by atoms with van der Waals surface area (Å²) in [7, 11) is 0. The summed E-state index contributed by atoms with van der Waals surface area (Å²) < 4.78 is 5.69. The Hall–Kier alpha value is -2.47. The molecule has 118 valence electrons. The van der Waals surface area contributed by atoms with Crippen molar-refractivity contribution >= 4 is 28.0 Å². The highest BCUT2D eigenvalue weighted by Crippen LogP contribution is 2.33. The summed E-state index contributed by atoms with van der Waals surface area (Å²) in [6.07, 6.45) is 4.65. The van der Waals surface area contributed by atoms with E-state index in [0.29, 0.717) is 28.0 Å². The molecule has 0 aliphatic heterocycles. The first-order valence-corrected chi connectivity index (χ1v) is 7.81. The van der Waals surface area contributed by atoms with Gasteiger partial charge >= 0.3 is 0 Å². The minimum Gasteiger partial charge on any atom is -0.436 e. The molecule has 1 saturated carbocycles. The smallest absolute Gasteiger partial charge is 0.232 e. The average molecular weight is 311 g/mol. The molecular formula is C17H17N3O3. The fourth-order valence-corrected chi connectivity index (χ4v) is 3.31. The van der Waals surface area contributed by atoms with Crippen LogP contribution in [0.15, 0.2) is 27.4 Å². The molecule has 0 bridgehead atoms. The highest BCUT2D eigenvalue weighted by molar-refractivity contribution is 5.87. The topological polar surface area (TPSA) is 102 Å². The van der Waals surface area contributed by atoms with E-state index in [1.165, 1.54) is 18.9 Å². The lowest BCUT2D eigenvalue weighted by molar-refractivity contribution is 0.282. The van der Waals surface area contributed by atoms with Gasteiger partial charge in [-0.15, -0.1) is 0 Å². The van der Waals surface area contributed by atoms with Gasteiger partial charge in [-0.25, -0.2) is 4.98 Å². The predicted molar refractivity (Wildman–Crippen MR) is 87.1 cm³/mol. The van der Waals surface area contributed by atoms with Gasteiger partial charge in [0.15, 0.2) is 11.1 Å². The lowest BCUT2D eigenvalue weighted by atomic mass is 10.0. The molecule has 3 aromatic rings. The lowest BCUT2D eigenvalue weighted by Crippen LogP contribution is -2.09. The molecule has 0 radical (unpaired) electrons. The fourth-order valence-electron chi connectivity index (χ4n) is 3.31. The molecular weight excluding hydrogens is 294 g/mol. The van der Waals surface area contributed by atoms with Gasteiger partial charge in [0.05, 0.1) is 12.0 Å². The molecule has 0 atom stereocenters. The molecule has 0 saturated heterocycles. The second kappa shape index (κ2) is 5.31. The van der Waals surface area contributed by atoms with Crippen molar-refractivity contribution < 1.29 is 9.52 Å². The maximum atomic E-state index is 12.7. The standard InChI is InChI=1S/C17H17N3O3/c18-16-10(8-21)7-11-15(22)14-13(23-17(11)20-16)6-5-12(19-14)9-3-1-2-4-9/h5-7,9,21H,1-4,8H2,(H2,18,20). The summed E-state index contributed by atoms with van der Waals surface area (Å²) in [6.45, 7) is -0.276. The van der Waals surface area contributed by atoms with Crippen molar-refractivity contribution in [2.24, 2.45) is 0 Å². The number of nitrogen functional groups attached to an aromatic ring is 1. The van der Waals surface area contributed by atoms with Crippen LogP contribution in [0.2, 0.25) is 0 Å². The van der Waals surface area contributed by atoms with E-state index < -0.39 is 0 Å². The van der Waals surface area contributed by atoms with Crippen LogP contribution in [0.25, 0.3) is 22.2 Å². The molecule has 6 nitrogen and oxygen atoms in total. The summed E-state index contributed by atoms with van der Waals surface area (Å²) in [4.78, 5) is 21.4. The Morgan fingerprint density at radius 1 is 1.26 bits per heavy atom. The van der Waals surface area contributed by atoms with Crippen molar-refractivity contribution in [2.75, 3.05) is 5.73 Å². The van der Waals surface area contributed by atoms with Gasteiger partial charge in [-0.1, -0.05) is 12.8 Å². The molecule has 0 aromatic carbocycles. The van der Waals surface area contributed by atoms with Gasteiger partial charge < -0.3 is 15.3 Å². The number of hydrogen-bond donors (Lipinski definition) is 2. The molecule has 6 heteroatoms. The van der Waals surface area contributed by atoms with E-state index in [9.17, 15) is 9.90 Å². The van der Waals surface area contributed by atoms with Crippen molar-refractivity contribution in [1.29, 1.82) is 0 Å². The van der Waals surface area contributed by atoms with Gasteiger partial charge in [0.25, 0.3) is 0 Å². The van der Waals surface area contributed by atoms with Crippen LogP contribution in [0, 0.1) is 0 Å². The Morgan fingerprint density at radius 3 is 2.78 bits per heavy atom. The number of fused-ring (bicyclic) bond motifs is 2. The first-order chi connectivity index (χ1) is 11.2. The van der Waals surface area contributed by atoms with Gasteiger partial charge in [0.1, 0.15) is 5.82 Å². The molecule has 1 aliphatic rings. The van der Waals surface area contributed by atoms with Crippen LogP contribution in [0.4, 0.5) is 5.82 Å². The molecule has 0 spiro atoms. The SMILES string of the molecule is Nc1nc2oc3ccc(C4CCCC4)nc3c(=O)c2cc1CO. The Balaban J connectivity index is 1.97. The van der Waals surface area contributed by atoms with E-state index in [4.69, 9.17) is 10.2 Å². The first kappa shape index (κ1) is 14.1. The predicted octanol–water partition coefficient (Wildman–Crippen LogP) is 2.47. The van der Waals surface area contributed by atoms with Crippen LogP contribution in [0.5, 0.6) is 0 Å². The molecule has 1 aliphatic carbocycles. The first-order valence-electron chi connectivity index (χ1n) is 7.81. The van der Waals surface area contributed by atoms with E-state index in [-0.39, 0.29) is 23.6 Å². The zero-order valence-electron chi connectivity index (χ0n) is 12.6. The van der Waals surface area contributed by atoms with E-state index in [1.807, 2.05) is 6.07 Å². The maximum Gasteiger partial charge on any atom is 0.232 e. The number of aliphatic hydroxyl groups excluding tert-OH is 1. The maximum absolute atomic E-state index is 12.7. The minimum absolute atomic E-state index is 0.165. The Kier molecular flexibility index (Phi) is 3.27. The van der Waals surface area contributed by atoms with Crippen LogP contribution >= 0.6 is 0 Å². The van der Waals surface area contributed by atoms with Crippen molar-refractivity contribution in [2.45, 2.75) is 38.2 Å². The van der Waals surface area contributed by atoms with Crippen molar-refractivity contribution in [3.63, 3.8) is 0 Å². The van der Waals surface area contributed by atoms with E-state index in [0.717, 1.165) is 18.5 Å². The molecule has 23 heavy (non-hydrogen) atoms. The van der Waals surface area contributed by atoms with Crippen molar-refractivity contribution in [1.82, 2.24) is 9.97 Å². The summed E-state index contributed by atoms with van der Waals surface area (Å²) in [6, 6.07) is 5.25. The van der Waals surface area contributed by atoms with Crippen LogP contribution in [-0.4, -0.2) is 15.1 Å². The zero-order valence-corrected chi connectivity index (χ0v) is 12.6. The molecule has 0 amide bonds. The third kappa shape index (κ3) is 2.26. The van der Waals surface area contributed by atoms with Crippen LogP contribution in [0.3, 0.4) is 0 Å². The molecule has 3 aromatic heterocycles. The second-order valence-corrected chi connectivity index (χ2v) is 6.04. The average Bonchev–Trinajstić information content (AvgIpc) is 3.09. The molecule has 3 heterocycles. The van der Waals surface area contributed by atoms with Crippen LogP contribution < -0.4 is 11.2 Å². The van der Waals surface area contributed by atoms with Crippen molar-refractivity contribution in [3.8, 4) is 0 Å². The number of aromatic nitrogens is 2. The molecule has 0 unspecified atom stereocenters. The highest BCUT2D eigenvalue weighted by atomic mass is 16.3. The number of hydrogen-bond acceptors (Lipinski definition) is 6. The number of nitrogens with two attached hydrogens (primary N) is 1. The van der Waals surface area contributed by atoms with E-state index >= 15 is 0 Å². The molecule has 4 rings (SSSR count). The Bertz CT molecular complexity index is 959. The normalized spacial score (nSPS) is 15.7. The number of anilines is 1. The largest absolute Gasteiger partial charge is 0.436 e. The number of rotatable bonds is 2. The van der Waals surface area contributed by atoms with Gasteiger partial charge in [0.2, 0.25) is 11.1 Å². The van der Waals surface area contributed by atoms with E-state index in [2.05, 4.69) is 9.97 Å². The van der Waals surface area contributed by atoms with Gasteiger partial charge in [0, 0.05) is 17.2 Å². The highest BCUT2D eigenvalue weighted by Gasteiger charge is 2.20. The van der Waals surface area contributed by atoms with Crippen LogP contribution in [0.1, 0.15) is 42.9 Å². The zero-order chi connectivity index (χ0) is 16.0. The quantitative estimate of drug-likeness (QED) is 0.705. The Labute approximate surface area is 132 Å². The summed E-state index contributed by atoms with van der Waals surface area (Å²) in [5.41, 5.74) is 7.78. The third-order valence-electron chi connectivity index (χ3n) is 4.59. The molecule has 1 fully saturated rings. The summed E-state index contributed by atoms with van der Waals surface area (Å²) >= 11 is 0. The van der Waals surface area contributed by atoms with Crippen LogP contribution in [-0.2, 0) is 6.61 Å². The number of pyridine rings is 2. The fraction of sp³-hybridized carbons (Fsp3) is 0.353. The van der Waals surface area contributed by atoms with Gasteiger partial charge in [-0.2, -0.15) is 4.98 Å². The van der Waals surface area contributed by atoms with Gasteiger partial charge in [-0.05, 0) is 31.0 Å².